The van der Waals surface area contributed by atoms with Crippen molar-refractivity contribution in [3.8, 4) is 0 Å². The van der Waals surface area contributed by atoms with Crippen molar-refractivity contribution in [1.82, 2.24) is 10.3 Å². The van der Waals surface area contributed by atoms with Crippen LogP contribution in [0.3, 0.4) is 0 Å². The lowest BCUT2D eigenvalue weighted by Gasteiger charge is -2.14. The number of esters is 1. The molecule has 0 spiro atoms. The van der Waals surface area contributed by atoms with Crippen molar-refractivity contribution in [2.75, 3.05) is 24.7 Å². The summed E-state index contributed by atoms with van der Waals surface area (Å²) in [7, 11) is 1.22. The van der Waals surface area contributed by atoms with Gasteiger partial charge in [0, 0.05) is 22.3 Å². The van der Waals surface area contributed by atoms with E-state index in [1.165, 1.54) is 7.11 Å². The first-order valence-electron chi connectivity index (χ1n) is 6.55. The second-order valence-electron chi connectivity index (χ2n) is 4.35. The van der Waals surface area contributed by atoms with Crippen LogP contribution >= 0.6 is 11.9 Å². The number of carbonyl (C=O) groups excluding carboxylic acids is 2. The molecule has 0 unspecified atom stereocenters. The highest BCUT2D eigenvalue weighted by Gasteiger charge is 2.22. The van der Waals surface area contributed by atoms with Crippen LogP contribution in [0.4, 0.5) is 6.01 Å². The number of fused-ring (bicyclic) bond motifs is 1. The molecule has 0 aliphatic carbocycles. The second kappa shape index (κ2) is 8.13. The number of rotatable bonds is 8. The number of amides is 1. The van der Waals surface area contributed by atoms with Crippen LogP contribution in [0, 0.1) is 4.91 Å². The predicted octanol–water partition coefficient (Wildman–Crippen LogP) is 1.31. The number of anilines is 1. The zero-order chi connectivity index (χ0) is 16.7. The Labute approximate surface area is 135 Å². The Bertz CT molecular complexity index is 671. The molecule has 0 bridgehead atoms. The number of nitrogens with one attached hydrogen (secondary N) is 2. The highest BCUT2D eigenvalue weighted by Crippen LogP contribution is 2.19. The topological polar surface area (TPSA) is 123 Å². The first-order valence-corrected chi connectivity index (χ1v) is 7.49. The van der Waals surface area contributed by atoms with E-state index in [0.29, 0.717) is 23.0 Å². The number of methoxy groups -OCH3 is 1. The van der Waals surface area contributed by atoms with Crippen molar-refractivity contribution < 1.29 is 18.7 Å². The molecule has 2 aromatic rings. The highest BCUT2D eigenvalue weighted by atomic mass is 32.2. The van der Waals surface area contributed by atoms with E-state index in [0.717, 1.165) is 0 Å². The molecule has 9 nitrogen and oxygen atoms in total. The van der Waals surface area contributed by atoms with Crippen molar-refractivity contribution in [1.29, 1.82) is 0 Å². The van der Waals surface area contributed by atoms with E-state index >= 15 is 0 Å². The van der Waals surface area contributed by atoms with Gasteiger partial charge in [0.2, 0.25) is 5.91 Å². The summed E-state index contributed by atoms with van der Waals surface area (Å²) in [6.45, 7) is -0.278. The summed E-state index contributed by atoms with van der Waals surface area (Å²) in [5.74, 6) is -1.04. The molecule has 1 amide bonds. The van der Waals surface area contributed by atoms with E-state index in [4.69, 9.17) is 4.42 Å². The molecule has 2 N–H and O–H groups in total. The number of hydrogen-bond donors (Lipinski definition) is 2. The average Bonchev–Trinajstić information content (AvgIpc) is 2.98. The normalized spacial score (nSPS) is 11.7. The molecule has 0 saturated heterocycles. The molecule has 23 heavy (non-hydrogen) atoms. The molecule has 1 heterocycles. The van der Waals surface area contributed by atoms with Gasteiger partial charge in [0.15, 0.2) is 5.58 Å². The molecular weight excluding hydrogens is 324 g/mol. The molecule has 1 aromatic heterocycles. The Morgan fingerprint density at radius 1 is 1.43 bits per heavy atom. The van der Waals surface area contributed by atoms with E-state index in [9.17, 15) is 14.5 Å². The number of benzene rings is 1. The number of hydrogen-bond acceptors (Lipinski definition) is 9. The van der Waals surface area contributed by atoms with Gasteiger partial charge >= 0.3 is 5.97 Å². The lowest BCUT2D eigenvalue weighted by molar-refractivity contribution is -0.141. The van der Waals surface area contributed by atoms with Crippen molar-refractivity contribution in [3.05, 3.63) is 29.2 Å². The predicted molar refractivity (Wildman–Crippen MR) is 84.7 cm³/mol. The highest BCUT2D eigenvalue weighted by molar-refractivity contribution is 7.97. The van der Waals surface area contributed by atoms with Crippen LogP contribution in [0.1, 0.15) is 0 Å². The van der Waals surface area contributed by atoms with Crippen molar-refractivity contribution in [3.63, 3.8) is 0 Å². The Hall–Kier alpha value is -2.62. The van der Waals surface area contributed by atoms with Gasteiger partial charge in [-0.25, -0.2) is 0 Å². The quantitative estimate of drug-likeness (QED) is 0.419. The molecular formula is C13H14N4O5S. The lowest BCUT2D eigenvalue weighted by Crippen LogP contribution is -2.43. The monoisotopic (exact) mass is 338 g/mol. The van der Waals surface area contributed by atoms with Gasteiger partial charge < -0.3 is 19.8 Å². The van der Waals surface area contributed by atoms with Crippen LogP contribution in [0.15, 0.2) is 33.3 Å². The molecule has 2 rings (SSSR count). The third-order valence-corrected chi connectivity index (χ3v) is 3.42. The van der Waals surface area contributed by atoms with Gasteiger partial charge in [0.25, 0.3) is 6.01 Å². The van der Waals surface area contributed by atoms with Gasteiger partial charge in [-0.15, -0.1) is 4.91 Å². The molecule has 0 aliphatic rings. The lowest BCUT2D eigenvalue weighted by atomic mass is 10.3. The zero-order valence-corrected chi connectivity index (χ0v) is 13.0. The van der Waals surface area contributed by atoms with Crippen LogP contribution in [-0.2, 0) is 14.3 Å². The molecule has 122 valence electrons. The summed E-state index contributed by atoms with van der Waals surface area (Å²) in [5, 5.41) is 5.18. The minimum atomic E-state index is -0.851. The van der Waals surface area contributed by atoms with Crippen LogP contribution in [0.25, 0.3) is 11.1 Å². The standard InChI is InChI=1S/C13H14N4O5S/c1-21-11(18)6-14-12(19)9(7-23-17-20)16-13-15-8-4-2-3-5-10(8)22-13/h2-5,9H,6-7H2,1H3,(H,14,19)(H,15,16)/t9-/m1/s1. The van der Waals surface area contributed by atoms with Crippen LogP contribution in [0.2, 0.25) is 0 Å². The SMILES string of the molecule is COC(=O)CNC(=O)[C@@H](CSN=O)Nc1nc2ccccc2o1. The second-order valence-corrected chi connectivity index (χ2v) is 5.09. The molecule has 1 atom stereocenters. The van der Waals surface area contributed by atoms with Gasteiger partial charge in [-0.2, -0.15) is 4.98 Å². The number of ether oxygens (including phenoxy) is 1. The molecule has 1 aromatic carbocycles. The van der Waals surface area contributed by atoms with Crippen LogP contribution in [0.5, 0.6) is 0 Å². The summed E-state index contributed by atoms with van der Waals surface area (Å²) in [6.07, 6.45) is 0. The largest absolute Gasteiger partial charge is 0.468 e. The Morgan fingerprint density at radius 2 is 2.22 bits per heavy atom. The number of aromatic nitrogens is 1. The summed E-state index contributed by atoms with van der Waals surface area (Å²) in [6, 6.07) is 6.39. The fraction of sp³-hybridized carbons (Fsp3) is 0.308. The van der Waals surface area contributed by atoms with Crippen molar-refractivity contribution >= 4 is 40.9 Å². The fourth-order valence-electron chi connectivity index (χ4n) is 1.73. The molecule has 0 radical (unpaired) electrons. The molecule has 0 fully saturated rings. The maximum atomic E-state index is 12.1. The van der Waals surface area contributed by atoms with E-state index in [2.05, 4.69) is 24.9 Å². The first kappa shape index (κ1) is 16.7. The van der Waals surface area contributed by atoms with Crippen LogP contribution in [-0.4, -0.2) is 42.3 Å². The summed E-state index contributed by atoms with van der Waals surface area (Å²) >= 11 is 0.671. The summed E-state index contributed by atoms with van der Waals surface area (Å²) in [5.41, 5.74) is 1.19. The maximum Gasteiger partial charge on any atom is 0.325 e. The zero-order valence-electron chi connectivity index (χ0n) is 12.1. The number of para-hydroxylation sites is 2. The average molecular weight is 338 g/mol. The van der Waals surface area contributed by atoms with Gasteiger partial charge in [0.05, 0.1) is 7.11 Å². The summed E-state index contributed by atoms with van der Waals surface area (Å²) in [4.78, 5) is 37.6. The number of carbonyl (C=O) groups is 2. The van der Waals surface area contributed by atoms with Crippen molar-refractivity contribution in [2.24, 2.45) is 4.58 Å². The minimum Gasteiger partial charge on any atom is -0.468 e. The third-order valence-electron chi connectivity index (χ3n) is 2.84. The Balaban J connectivity index is 2.06. The third kappa shape index (κ3) is 4.68. The Kier molecular flexibility index (Phi) is 5.92. The maximum absolute atomic E-state index is 12.1. The van der Waals surface area contributed by atoms with Gasteiger partial charge in [-0.1, -0.05) is 12.1 Å². The minimum absolute atomic E-state index is 0.0508. The van der Waals surface area contributed by atoms with Gasteiger partial charge in [0.1, 0.15) is 18.1 Å². The van der Waals surface area contributed by atoms with Gasteiger partial charge in [-0.3, -0.25) is 9.59 Å². The van der Waals surface area contributed by atoms with E-state index < -0.39 is 17.9 Å². The van der Waals surface area contributed by atoms with Gasteiger partial charge in [-0.05, 0) is 12.1 Å². The molecule has 0 saturated carbocycles. The number of oxazole rings is 1. The Morgan fingerprint density at radius 3 is 2.91 bits per heavy atom. The van der Waals surface area contributed by atoms with E-state index in [-0.39, 0.29) is 18.3 Å². The van der Waals surface area contributed by atoms with E-state index in [1.54, 1.807) is 24.3 Å². The first-order chi connectivity index (χ1) is 11.1. The number of nitroso groups, excluding NO2 is 1. The molecule has 0 aliphatic heterocycles. The fourth-order valence-corrected chi connectivity index (χ4v) is 2.17. The molecule has 10 heteroatoms. The van der Waals surface area contributed by atoms with Crippen LogP contribution < -0.4 is 10.6 Å². The number of nitrogens with zero attached hydrogens (tertiary/aromatic N) is 2. The summed E-state index contributed by atoms with van der Waals surface area (Å²) < 4.78 is 12.6. The smallest absolute Gasteiger partial charge is 0.325 e. The van der Waals surface area contributed by atoms with E-state index in [1.807, 2.05) is 0 Å². The van der Waals surface area contributed by atoms with Crippen molar-refractivity contribution in [2.45, 2.75) is 6.04 Å².